The van der Waals surface area contributed by atoms with Gasteiger partial charge in [-0.3, -0.25) is 9.59 Å². The zero-order valence-electron chi connectivity index (χ0n) is 17.5. The number of hydrogen-bond donors (Lipinski definition) is 2. The fourth-order valence-electron chi connectivity index (χ4n) is 4.67. The number of carbonyl (C=O) groups is 2. The molecule has 0 saturated carbocycles. The average molecular weight is 400 g/mol. The number of piperazine rings is 1. The molecule has 0 bridgehead atoms. The summed E-state index contributed by atoms with van der Waals surface area (Å²) in [4.78, 5) is 32.1. The third-order valence-corrected chi connectivity index (χ3v) is 6.48. The molecular formula is C22H33N5O2. The number of hydrogen-bond acceptors (Lipinski definition) is 5. The van der Waals surface area contributed by atoms with E-state index in [9.17, 15) is 9.59 Å². The minimum atomic E-state index is -0.0707. The maximum atomic E-state index is 12.6. The second-order valence-electron chi connectivity index (χ2n) is 8.31. The molecule has 1 aromatic carbocycles. The number of amides is 2. The predicted octanol–water partition coefficient (Wildman–Crippen LogP) is 1.75. The van der Waals surface area contributed by atoms with E-state index in [0.717, 1.165) is 82.9 Å². The highest BCUT2D eigenvalue weighted by molar-refractivity contribution is 6.05. The molecule has 29 heavy (non-hydrogen) atoms. The first-order valence-corrected chi connectivity index (χ1v) is 11.1. The van der Waals surface area contributed by atoms with Crippen LogP contribution in [0.4, 0.5) is 11.4 Å². The molecule has 2 amide bonds. The third-order valence-electron chi connectivity index (χ3n) is 6.48. The van der Waals surface area contributed by atoms with E-state index >= 15 is 0 Å². The first-order chi connectivity index (χ1) is 14.2. The lowest BCUT2D eigenvalue weighted by atomic mass is 9.97. The van der Waals surface area contributed by atoms with Crippen LogP contribution in [-0.2, 0) is 4.79 Å². The van der Waals surface area contributed by atoms with E-state index in [0.29, 0.717) is 12.1 Å². The molecular weight excluding hydrogens is 366 g/mol. The number of nitrogens with zero attached hydrogens (tertiary/aromatic N) is 3. The van der Waals surface area contributed by atoms with Gasteiger partial charge in [-0.1, -0.05) is 6.92 Å². The summed E-state index contributed by atoms with van der Waals surface area (Å²) >= 11 is 0. The average Bonchev–Trinajstić information content (AvgIpc) is 2.77. The van der Waals surface area contributed by atoms with Gasteiger partial charge in [0.2, 0.25) is 5.91 Å². The van der Waals surface area contributed by atoms with Crippen LogP contribution >= 0.6 is 0 Å². The molecule has 0 radical (unpaired) electrons. The summed E-state index contributed by atoms with van der Waals surface area (Å²) in [6.45, 7) is 10.4. The van der Waals surface area contributed by atoms with Gasteiger partial charge >= 0.3 is 0 Å². The highest BCUT2D eigenvalue weighted by Crippen LogP contribution is 2.36. The molecule has 2 fully saturated rings. The van der Waals surface area contributed by atoms with Crippen LogP contribution in [0.25, 0.3) is 0 Å². The molecule has 7 heteroatoms. The van der Waals surface area contributed by atoms with Crippen LogP contribution in [0.5, 0.6) is 0 Å². The normalized spacial score (nSPS) is 22.6. The van der Waals surface area contributed by atoms with E-state index in [4.69, 9.17) is 0 Å². The van der Waals surface area contributed by atoms with Gasteiger partial charge in [-0.05, 0) is 57.0 Å². The van der Waals surface area contributed by atoms with Crippen LogP contribution in [0.1, 0.15) is 43.0 Å². The quantitative estimate of drug-likeness (QED) is 0.714. The van der Waals surface area contributed by atoms with Crippen LogP contribution < -0.4 is 15.5 Å². The maximum Gasteiger partial charge on any atom is 0.251 e. The SMILES string of the molecule is CCN1CCN(CCCNC(=O)c2ccc3c(c2)NC(=O)C2CCCCN32)CC1. The minimum Gasteiger partial charge on any atom is -0.358 e. The fourth-order valence-corrected chi connectivity index (χ4v) is 4.67. The zero-order valence-corrected chi connectivity index (χ0v) is 17.5. The number of piperidine rings is 1. The van der Waals surface area contributed by atoms with Crippen LogP contribution in [-0.4, -0.2) is 80.0 Å². The highest BCUT2D eigenvalue weighted by Gasteiger charge is 2.34. The van der Waals surface area contributed by atoms with E-state index in [1.165, 1.54) is 0 Å². The van der Waals surface area contributed by atoms with Gasteiger partial charge in [0.15, 0.2) is 0 Å². The number of anilines is 2. The maximum absolute atomic E-state index is 12.6. The summed E-state index contributed by atoms with van der Waals surface area (Å²) in [7, 11) is 0. The van der Waals surface area contributed by atoms with Crippen molar-refractivity contribution in [2.45, 2.75) is 38.6 Å². The zero-order chi connectivity index (χ0) is 20.2. The van der Waals surface area contributed by atoms with Crippen molar-refractivity contribution in [1.29, 1.82) is 0 Å². The molecule has 2 saturated heterocycles. The van der Waals surface area contributed by atoms with Gasteiger partial charge in [-0.15, -0.1) is 0 Å². The second kappa shape index (κ2) is 9.13. The summed E-state index contributed by atoms with van der Waals surface area (Å²) in [5.74, 6) is -0.0171. The Balaban J connectivity index is 1.28. The molecule has 1 atom stereocenters. The van der Waals surface area contributed by atoms with Crippen molar-refractivity contribution in [1.82, 2.24) is 15.1 Å². The van der Waals surface area contributed by atoms with Crippen LogP contribution in [0, 0.1) is 0 Å². The Hall–Kier alpha value is -2.12. The molecule has 3 heterocycles. The van der Waals surface area contributed by atoms with E-state index in [2.05, 4.69) is 32.3 Å². The third kappa shape index (κ3) is 4.56. The first-order valence-electron chi connectivity index (χ1n) is 11.1. The molecule has 0 spiro atoms. The smallest absolute Gasteiger partial charge is 0.251 e. The van der Waals surface area contributed by atoms with Gasteiger partial charge in [0.1, 0.15) is 6.04 Å². The first kappa shape index (κ1) is 20.2. The van der Waals surface area contributed by atoms with Crippen molar-refractivity contribution in [3.8, 4) is 0 Å². The molecule has 4 rings (SSSR count). The molecule has 7 nitrogen and oxygen atoms in total. The van der Waals surface area contributed by atoms with Gasteiger partial charge in [0.25, 0.3) is 5.91 Å². The van der Waals surface area contributed by atoms with Gasteiger partial charge < -0.3 is 25.3 Å². The second-order valence-corrected chi connectivity index (χ2v) is 8.31. The van der Waals surface area contributed by atoms with Crippen molar-refractivity contribution < 1.29 is 9.59 Å². The summed E-state index contributed by atoms with van der Waals surface area (Å²) < 4.78 is 0. The van der Waals surface area contributed by atoms with Crippen molar-refractivity contribution in [2.24, 2.45) is 0 Å². The van der Waals surface area contributed by atoms with E-state index in [-0.39, 0.29) is 17.9 Å². The summed E-state index contributed by atoms with van der Waals surface area (Å²) in [6, 6.07) is 5.61. The molecule has 158 valence electrons. The van der Waals surface area contributed by atoms with Crippen LogP contribution in [0.15, 0.2) is 18.2 Å². The Morgan fingerprint density at radius 2 is 1.93 bits per heavy atom. The van der Waals surface area contributed by atoms with Gasteiger partial charge in [-0.2, -0.15) is 0 Å². The summed E-state index contributed by atoms with van der Waals surface area (Å²) in [5, 5.41) is 6.03. The lowest BCUT2D eigenvalue weighted by Gasteiger charge is -2.41. The number of nitrogens with one attached hydrogen (secondary N) is 2. The van der Waals surface area contributed by atoms with Crippen molar-refractivity contribution >= 4 is 23.2 Å². The lowest BCUT2D eigenvalue weighted by molar-refractivity contribution is -0.118. The van der Waals surface area contributed by atoms with E-state index in [1.807, 2.05) is 18.2 Å². The number of benzene rings is 1. The summed E-state index contributed by atoms with van der Waals surface area (Å²) in [5.41, 5.74) is 2.41. The Labute approximate surface area is 173 Å². The monoisotopic (exact) mass is 399 g/mol. The summed E-state index contributed by atoms with van der Waals surface area (Å²) in [6.07, 6.45) is 4.06. The number of fused-ring (bicyclic) bond motifs is 3. The Kier molecular flexibility index (Phi) is 6.35. The van der Waals surface area contributed by atoms with E-state index < -0.39 is 0 Å². The number of rotatable bonds is 6. The van der Waals surface area contributed by atoms with Gasteiger partial charge in [0.05, 0.1) is 11.4 Å². The number of likely N-dealkylation sites (N-methyl/N-ethyl adjacent to an activating group) is 1. The molecule has 1 unspecified atom stereocenters. The number of carbonyl (C=O) groups excluding carboxylic acids is 2. The highest BCUT2D eigenvalue weighted by atomic mass is 16.2. The topological polar surface area (TPSA) is 67.9 Å². The fraction of sp³-hybridized carbons (Fsp3) is 0.636. The molecule has 2 N–H and O–H groups in total. The van der Waals surface area contributed by atoms with Crippen molar-refractivity contribution in [2.75, 3.05) is 62.6 Å². The van der Waals surface area contributed by atoms with Crippen molar-refractivity contribution in [3.63, 3.8) is 0 Å². The van der Waals surface area contributed by atoms with Crippen LogP contribution in [0.3, 0.4) is 0 Å². The molecule has 3 aliphatic rings. The molecule has 1 aromatic rings. The Morgan fingerprint density at radius 3 is 2.72 bits per heavy atom. The minimum absolute atomic E-state index is 0.0536. The van der Waals surface area contributed by atoms with Gasteiger partial charge in [-0.25, -0.2) is 0 Å². The predicted molar refractivity (Wildman–Crippen MR) is 116 cm³/mol. The molecule has 0 aliphatic carbocycles. The largest absolute Gasteiger partial charge is 0.358 e. The lowest BCUT2D eigenvalue weighted by Crippen LogP contribution is -2.50. The van der Waals surface area contributed by atoms with E-state index in [1.54, 1.807) is 0 Å². The van der Waals surface area contributed by atoms with Crippen LogP contribution in [0.2, 0.25) is 0 Å². The molecule has 3 aliphatic heterocycles. The van der Waals surface area contributed by atoms with Gasteiger partial charge in [0, 0.05) is 44.8 Å². The Bertz CT molecular complexity index is 745. The van der Waals surface area contributed by atoms with Crippen molar-refractivity contribution in [3.05, 3.63) is 23.8 Å². The Morgan fingerprint density at radius 1 is 1.14 bits per heavy atom. The standard InChI is InChI=1S/C22H33N5O2/c1-2-25-12-14-26(15-13-25)10-5-9-23-21(28)17-7-8-19-18(16-17)24-22(29)20-6-3-4-11-27(19)20/h7-8,16,20H,2-6,9-15H2,1H3,(H,23,28)(H,24,29). The molecule has 0 aromatic heterocycles.